The number of nitrogens with zero attached hydrogens (tertiary/aromatic N) is 3. The number of benzene rings is 2. The monoisotopic (exact) mass is 403 g/mol. The SMILES string of the molecule is COc1ccc2c(c1)Cc1c-2nc2ccccc2c1C(=O)N1CCN(CCO)CC1. The number of para-hydroxylation sites is 1. The average molecular weight is 403 g/mol. The number of aliphatic hydroxyl groups excluding tert-OH is 1. The maximum absolute atomic E-state index is 13.7. The van der Waals surface area contributed by atoms with Crippen molar-refractivity contribution in [2.45, 2.75) is 6.42 Å². The lowest BCUT2D eigenvalue weighted by Crippen LogP contribution is -2.49. The third-order valence-electron chi connectivity index (χ3n) is 6.22. The van der Waals surface area contributed by atoms with Crippen molar-refractivity contribution in [1.82, 2.24) is 14.8 Å². The van der Waals surface area contributed by atoms with Crippen LogP contribution in [-0.4, -0.2) is 72.2 Å². The predicted octanol–water partition coefficient (Wildman–Crippen LogP) is 2.56. The first-order valence-electron chi connectivity index (χ1n) is 10.4. The topological polar surface area (TPSA) is 65.9 Å². The van der Waals surface area contributed by atoms with Crippen molar-refractivity contribution in [3.8, 4) is 17.0 Å². The molecule has 6 nitrogen and oxygen atoms in total. The first-order valence-corrected chi connectivity index (χ1v) is 10.4. The molecule has 154 valence electrons. The molecule has 0 saturated carbocycles. The maximum atomic E-state index is 13.7. The van der Waals surface area contributed by atoms with Gasteiger partial charge in [0.25, 0.3) is 5.91 Å². The summed E-state index contributed by atoms with van der Waals surface area (Å²) in [6.07, 6.45) is 0.686. The van der Waals surface area contributed by atoms with Crippen molar-refractivity contribution in [2.75, 3.05) is 46.4 Å². The Hall–Kier alpha value is -2.96. The summed E-state index contributed by atoms with van der Waals surface area (Å²) < 4.78 is 5.40. The molecule has 1 aliphatic heterocycles. The summed E-state index contributed by atoms with van der Waals surface area (Å²) in [5, 5.41) is 10.1. The minimum Gasteiger partial charge on any atom is -0.497 e. The third-order valence-corrected chi connectivity index (χ3v) is 6.22. The van der Waals surface area contributed by atoms with Gasteiger partial charge in [-0.05, 0) is 35.4 Å². The zero-order chi connectivity index (χ0) is 20.7. The maximum Gasteiger partial charge on any atom is 0.255 e. The number of fused-ring (bicyclic) bond motifs is 4. The van der Waals surface area contributed by atoms with Gasteiger partial charge in [-0.25, -0.2) is 4.98 Å². The number of ether oxygens (including phenoxy) is 1. The van der Waals surface area contributed by atoms with Gasteiger partial charge in [0.1, 0.15) is 5.75 Å². The molecule has 0 spiro atoms. The summed E-state index contributed by atoms with van der Waals surface area (Å²) in [4.78, 5) is 22.8. The molecule has 1 amide bonds. The summed E-state index contributed by atoms with van der Waals surface area (Å²) in [5.74, 6) is 0.896. The van der Waals surface area contributed by atoms with Gasteiger partial charge in [-0.15, -0.1) is 0 Å². The Morgan fingerprint density at radius 1 is 1.13 bits per heavy atom. The normalized spacial score (nSPS) is 15.9. The number of aromatic nitrogens is 1. The largest absolute Gasteiger partial charge is 0.497 e. The van der Waals surface area contributed by atoms with E-state index in [1.165, 1.54) is 0 Å². The number of methoxy groups -OCH3 is 1. The van der Waals surface area contributed by atoms with Gasteiger partial charge in [-0.1, -0.05) is 18.2 Å². The molecule has 1 N–H and O–H groups in total. The van der Waals surface area contributed by atoms with Crippen molar-refractivity contribution in [1.29, 1.82) is 0 Å². The number of β-amino-alcohol motifs (C(OH)–C–C–N with tert-alkyl or cyclic N) is 1. The van der Waals surface area contributed by atoms with Crippen molar-refractivity contribution in [3.05, 3.63) is 59.2 Å². The summed E-state index contributed by atoms with van der Waals surface area (Å²) in [6, 6.07) is 14.0. The van der Waals surface area contributed by atoms with Gasteiger partial charge in [0.2, 0.25) is 0 Å². The van der Waals surface area contributed by atoms with Crippen LogP contribution in [0.2, 0.25) is 0 Å². The van der Waals surface area contributed by atoms with Gasteiger partial charge in [0.15, 0.2) is 0 Å². The fraction of sp³-hybridized carbons (Fsp3) is 0.333. The van der Waals surface area contributed by atoms with Crippen LogP contribution in [0.3, 0.4) is 0 Å². The van der Waals surface area contributed by atoms with Crippen LogP contribution >= 0.6 is 0 Å². The Morgan fingerprint density at radius 3 is 2.70 bits per heavy atom. The average Bonchev–Trinajstić information content (AvgIpc) is 3.14. The molecule has 5 rings (SSSR count). The molecule has 0 unspecified atom stereocenters. The number of pyridine rings is 1. The van der Waals surface area contributed by atoms with E-state index in [4.69, 9.17) is 9.72 Å². The smallest absolute Gasteiger partial charge is 0.255 e. The summed E-state index contributed by atoms with van der Waals surface area (Å²) in [5.41, 5.74) is 5.78. The van der Waals surface area contributed by atoms with E-state index < -0.39 is 0 Å². The van der Waals surface area contributed by atoms with Crippen molar-refractivity contribution >= 4 is 16.8 Å². The van der Waals surface area contributed by atoms with Gasteiger partial charge in [-0.3, -0.25) is 9.69 Å². The molecule has 1 fully saturated rings. The standard InChI is InChI=1S/C24H25N3O3/c1-30-17-6-7-18-16(14-17)15-20-22(19-4-2-3-5-21(19)25-23(18)20)24(29)27-10-8-26(9-11-27)12-13-28/h2-7,14,28H,8-13,15H2,1H3. The lowest BCUT2D eigenvalue weighted by Gasteiger charge is -2.34. The number of carbonyl (C=O) groups is 1. The van der Waals surface area contributed by atoms with Crippen molar-refractivity contribution < 1.29 is 14.6 Å². The van der Waals surface area contributed by atoms with Crippen LogP contribution in [0, 0.1) is 0 Å². The molecule has 1 aliphatic carbocycles. The fourth-order valence-electron chi connectivity index (χ4n) is 4.63. The van der Waals surface area contributed by atoms with Gasteiger partial charge < -0.3 is 14.7 Å². The first-order chi connectivity index (χ1) is 14.7. The van der Waals surface area contributed by atoms with Crippen molar-refractivity contribution in [3.63, 3.8) is 0 Å². The first kappa shape index (κ1) is 19.0. The Kier molecular flexibility index (Phi) is 4.89. The lowest BCUT2D eigenvalue weighted by atomic mass is 9.98. The molecule has 1 saturated heterocycles. The zero-order valence-corrected chi connectivity index (χ0v) is 17.1. The van der Waals surface area contributed by atoms with E-state index in [1.54, 1.807) is 7.11 Å². The van der Waals surface area contributed by atoms with Crippen LogP contribution in [0.25, 0.3) is 22.2 Å². The molecule has 0 atom stereocenters. The van der Waals surface area contributed by atoms with Gasteiger partial charge >= 0.3 is 0 Å². The molecule has 0 bridgehead atoms. The van der Waals surface area contributed by atoms with Crippen LogP contribution in [0.15, 0.2) is 42.5 Å². The molecule has 2 aliphatic rings. The molecule has 3 aromatic rings. The number of amides is 1. The minimum absolute atomic E-state index is 0.0771. The van der Waals surface area contributed by atoms with Crippen LogP contribution in [-0.2, 0) is 6.42 Å². The Balaban J connectivity index is 1.58. The predicted molar refractivity (Wildman–Crippen MR) is 116 cm³/mol. The van der Waals surface area contributed by atoms with E-state index in [2.05, 4.69) is 4.90 Å². The summed E-state index contributed by atoms with van der Waals surface area (Å²) in [7, 11) is 1.67. The highest BCUT2D eigenvalue weighted by atomic mass is 16.5. The Morgan fingerprint density at radius 2 is 1.93 bits per heavy atom. The number of rotatable bonds is 4. The fourth-order valence-corrected chi connectivity index (χ4v) is 4.63. The Labute approximate surface area is 175 Å². The van der Waals surface area contributed by atoms with E-state index >= 15 is 0 Å². The summed E-state index contributed by atoms with van der Waals surface area (Å²) >= 11 is 0. The van der Waals surface area contributed by atoms with E-state index in [0.717, 1.165) is 57.7 Å². The molecule has 0 radical (unpaired) electrons. The molecule has 1 aromatic heterocycles. The highest BCUT2D eigenvalue weighted by molar-refractivity contribution is 6.09. The van der Waals surface area contributed by atoms with E-state index in [0.29, 0.717) is 26.1 Å². The highest BCUT2D eigenvalue weighted by Crippen LogP contribution is 2.41. The number of piperazine rings is 1. The van der Waals surface area contributed by atoms with Crippen LogP contribution in [0.4, 0.5) is 0 Å². The second-order valence-electron chi connectivity index (χ2n) is 7.89. The second kappa shape index (κ2) is 7.70. The Bertz CT molecular complexity index is 1120. The molecular weight excluding hydrogens is 378 g/mol. The molecule has 2 heterocycles. The third kappa shape index (κ3) is 3.13. The van der Waals surface area contributed by atoms with Gasteiger partial charge in [0, 0.05) is 50.1 Å². The lowest BCUT2D eigenvalue weighted by molar-refractivity contribution is 0.0616. The van der Waals surface area contributed by atoms with E-state index in [-0.39, 0.29) is 12.5 Å². The number of aliphatic hydroxyl groups is 1. The van der Waals surface area contributed by atoms with Crippen LogP contribution in [0.1, 0.15) is 21.5 Å². The molecule has 30 heavy (non-hydrogen) atoms. The zero-order valence-electron chi connectivity index (χ0n) is 17.1. The van der Waals surface area contributed by atoms with E-state index in [9.17, 15) is 9.90 Å². The van der Waals surface area contributed by atoms with Crippen molar-refractivity contribution in [2.24, 2.45) is 0 Å². The quantitative estimate of drug-likeness (QED) is 0.567. The molecular formula is C24H25N3O3. The van der Waals surface area contributed by atoms with Gasteiger partial charge in [-0.2, -0.15) is 0 Å². The minimum atomic E-state index is 0.0771. The molecule has 6 heteroatoms. The second-order valence-corrected chi connectivity index (χ2v) is 7.89. The highest BCUT2D eigenvalue weighted by Gasteiger charge is 2.31. The van der Waals surface area contributed by atoms with Crippen LogP contribution in [0.5, 0.6) is 5.75 Å². The van der Waals surface area contributed by atoms with E-state index in [1.807, 2.05) is 47.4 Å². The number of carbonyl (C=O) groups excluding carboxylic acids is 1. The van der Waals surface area contributed by atoms with Crippen LogP contribution < -0.4 is 4.74 Å². The number of hydrogen-bond acceptors (Lipinski definition) is 5. The number of hydrogen-bond donors (Lipinski definition) is 1. The summed E-state index contributed by atoms with van der Waals surface area (Å²) in [6.45, 7) is 3.73. The molecule has 2 aromatic carbocycles. The van der Waals surface area contributed by atoms with Gasteiger partial charge in [0.05, 0.1) is 30.5 Å².